The van der Waals surface area contributed by atoms with Gasteiger partial charge in [0.2, 0.25) is 0 Å². The monoisotopic (exact) mass is 385 g/mol. The van der Waals surface area contributed by atoms with E-state index < -0.39 is 8.80 Å². The maximum absolute atomic E-state index is 3.70. The van der Waals surface area contributed by atoms with Crippen LogP contribution >= 0.6 is 0 Å². The second kappa shape index (κ2) is 8.03. The third kappa shape index (κ3) is 3.63. The molecular weight excluding hydrogens is 365 g/mol. The van der Waals surface area contributed by atoms with E-state index in [-0.39, 0.29) is 44.0 Å². The van der Waals surface area contributed by atoms with Gasteiger partial charge in [0, 0.05) is 0 Å². The fraction of sp³-hybridized carbons (Fsp3) is 0.294. The fourth-order valence-corrected chi connectivity index (χ4v) is 8.04. The minimum Gasteiger partial charge on any atom is -1.00 e. The van der Waals surface area contributed by atoms with Crippen LogP contribution in [0.3, 0.4) is 0 Å². The Balaban J connectivity index is 0.00000121. The largest absolute Gasteiger partial charge is 1.00 e. The van der Waals surface area contributed by atoms with Crippen LogP contribution in [0, 0.1) is 13.8 Å². The number of aromatic nitrogens is 1. The molecule has 1 nitrogen and oxygen atoms in total. The van der Waals surface area contributed by atoms with E-state index in [0.717, 1.165) is 0 Å². The summed E-state index contributed by atoms with van der Waals surface area (Å²) < 4.78 is 3.29. The van der Waals surface area contributed by atoms with E-state index in [4.69, 9.17) is 0 Å². The molecule has 1 aliphatic carbocycles. The summed E-state index contributed by atoms with van der Waals surface area (Å²) in [5.41, 5.74) is 4.20. The first-order valence-electron chi connectivity index (χ1n) is 7.32. The number of H-pyrrole nitrogens is 1. The number of aryl methyl sites for hydroxylation is 2. The van der Waals surface area contributed by atoms with Gasteiger partial charge in [-0.25, -0.2) is 0 Å². The molecule has 1 heterocycles. The minimum atomic E-state index is -0.673. The molecular formula is C17H21Cl2NSiTi. The predicted octanol–water partition coefficient (Wildman–Crippen LogP) is -2.26. The van der Waals surface area contributed by atoms with Gasteiger partial charge in [-0.3, -0.25) is 0 Å². The second-order valence-corrected chi connectivity index (χ2v) is 11.0. The normalized spacial score (nSPS) is 13.3. The van der Waals surface area contributed by atoms with Crippen LogP contribution < -0.4 is 28.8 Å². The molecule has 1 aliphatic rings. The topological polar surface area (TPSA) is 15.8 Å². The van der Waals surface area contributed by atoms with Crippen molar-refractivity contribution < 1.29 is 44.0 Å². The van der Waals surface area contributed by atoms with E-state index in [1.807, 2.05) is 0 Å². The molecule has 2 aromatic rings. The summed E-state index contributed by atoms with van der Waals surface area (Å²) in [6, 6.07) is 6.58. The number of fused-ring (bicyclic) bond motifs is 1. The number of allylic oxidation sites excluding steroid dienone is 4. The first-order chi connectivity index (χ1) is 9.58. The van der Waals surface area contributed by atoms with E-state index in [2.05, 4.69) is 62.3 Å². The Morgan fingerprint density at radius 2 is 1.86 bits per heavy atom. The Morgan fingerprint density at radius 3 is 2.50 bits per heavy atom. The first kappa shape index (κ1) is 19.8. The van der Waals surface area contributed by atoms with Crippen molar-refractivity contribution in [3.63, 3.8) is 0 Å². The number of rotatable bonds is 3. The van der Waals surface area contributed by atoms with Crippen molar-refractivity contribution in [2.24, 2.45) is 0 Å². The maximum Gasteiger partial charge on any atom is -1.00 e. The van der Waals surface area contributed by atoms with Gasteiger partial charge in [-0.1, -0.05) is 0 Å². The second-order valence-electron chi connectivity index (χ2n) is 5.94. The van der Waals surface area contributed by atoms with Crippen molar-refractivity contribution in [1.29, 1.82) is 0 Å². The average molecular weight is 386 g/mol. The van der Waals surface area contributed by atoms with Crippen LogP contribution in [0.5, 0.6) is 0 Å². The van der Waals surface area contributed by atoms with Crippen LogP contribution in [0.15, 0.2) is 39.4 Å². The van der Waals surface area contributed by atoms with Crippen molar-refractivity contribution in [2.45, 2.75) is 33.4 Å². The molecule has 0 saturated carbocycles. The quantitative estimate of drug-likeness (QED) is 0.574. The molecule has 116 valence electrons. The third-order valence-corrected chi connectivity index (χ3v) is 8.80. The van der Waals surface area contributed by atoms with Crippen LogP contribution in [-0.2, 0) is 19.2 Å². The third-order valence-electron chi connectivity index (χ3n) is 4.15. The summed E-state index contributed by atoms with van der Waals surface area (Å²) >= 11 is -0.191. The van der Waals surface area contributed by atoms with E-state index in [1.165, 1.54) is 32.4 Å². The smallest absolute Gasteiger partial charge is 1.00 e. The van der Waals surface area contributed by atoms with Crippen LogP contribution in [0.4, 0.5) is 0 Å². The van der Waals surface area contributed by atoms with Gasteiger partial charge in [0.1, 0.15) is 0 Å². The summed E-state index contributed by atoms with van der Waals surface area (Å²) in [5.74, 6) is 0. The Labute approximate surface area is 156 Å². The van der Waals surface area contributed by atoms with Gasteiger partial charge < -0.3 is 24.8 Å². The van der Waals surface area contributed by atoms with Gasteiger partial charge >= 0.3 is 132 Å². The summed E-state index contributed by atoms with van der Waals surface area (Å²) in [6.07, 6.45) is 5.97. The maximum atomic E-state index is 3.70. The van der Waals surface area contributed by atoms with Crippen molar-refractivity contribution in [1.82, 2.24) is 4.98 Å². The molecule has 0 fully saturated rings. The zero-order chi connectivity index (χ0) is 14.3. The number of hydrogen-bond acceptors (Lipinski definition) is 0. The number of aromatic amines is 1. The van der Waals surface area contributed by atoms with Gasteiger partial charge in [0.15, 0.2) is 0 Å². The van der Waals surface area contributed by atoms with Crippen LogP contribution in [0.2, 0.25) is 13.1 Å². The van der Waals surface area contributed by atoms with E-state index in [0.29, 0.717) is 0 Å². The van der Waals surface area contributed by atoms with Gasteiger partial charge in [-0.15, -0.1) is 0 Å². The van der Waals surface area contributed by atoms with Crippen LogP contribution in [0.25, 0.3) is 10.9 Å². The molecule has 1 aromatic heterocycles. The molecule has 0 amide bonds. The zero-order valence-electron chi connectivity index (χ0n) is 13.4. The standard InChI is InChI=1S/C10H10N.C7H11Si.2ClH.Ti/c1-7-4-3-5-9-10(7)8(2)6-11-9;1-8(2)7-5-3-4-6-7;;;/h3-5,11H,1-2H3;3,5,8H,4H2,1-2H3;2*1H;/q;;;;+2/p-2. The number of benzene rings is 1. The van der Waals surface area contributed by atoms with Crippen molar-refractivity contribution in [3.05, 3.63) is 50.6 Å². The molecule has 0 saturated heterocycles. The van der Waals surface area contributed by atoms with Crippen molar-refractivity contribution in [2.75, 3.05) is 0 Å². The molecule has 0 atom stereocenters. The molecule has 3 rings (SSSR count). The number of halogens is 2. The van der Waals surface area contributed by atoms with Gasteiger partial charge in [-0.05, 0) is 0 Å². The zero-order valence-corrected chi connectivity index (χ0v) is 17.7. The van der Waals surface area contributed by atoms with Crippen molar-refractivity contribution in [3.8, 4) is 0 Å². The SMILES string of the molecule is Cc1cccc2[nH][c]([Ti+2][C]3=C([SiH](C)C)C=CC3)c(C)c12.[Cl-].[Cl-]. The summed E-state index contributed by atoms with van der Waals surface area (Å²) in [6.45, 7) is 9.40. The van der Waals surface area contributed by atoms with Crippen molar-refractivity contribution >= 4 is 23.7 Å². The minimum absolute atomic E-state index is 0. The summed E-state index contributed by atoms with van der Waals surface area (Å²) in [7, 11) is -0.673. The summed E-state index contributed by atoms with van der Waals surface area (Å²) in [4.78, 5) is 3.70. The fourth-order valence-electron chi connectivity index (χ4n) is 3.09. The van der Waals surface area contributed by atoms with Gasteiger partial charge in [0.05, 0.1) is 0 Å². The molecule has 22 heavy (non-hydrogen) atoms. The van der Waals surface area contributed by atoms with Crippen LogP contribution in [0.1, 0.15) is 17.5 Å². The van der Waals surface area contributed by atoms with Crippen LogP contribution in [-0.4, -0.2) is 13.8 Å². The Bertz CT molecular complexity index is 732. The molecule has 0 unspecified atom stereocenters. The van der Waals surface area contributed by atoms with E-state index in [1.54, 1.807) is 9.07 Å². The van der Waals surface area contributed by atoms with Gasteiger partial charge in [-0.2, -0.15) is 0 Å². The molecule has 5 heteroatoms. The molecule has 1 aromatic carbocycles. The average Bonchev–Trinajstić information content (AvgIpc) is 2.97. The Hall–Kier alpha value is -0.249. The van der Waals surface area contributed by atoms with Gasteiger partial charge in [0.25, 0.3) is 0 Å². The predicted molar refractivity (Wildman–Crippen MR) is 87.1 cm³/mol. The molecule has 1 N–H and O–H groups in total. The molecule has 0 aliphatic heterocycles. The Morgan fingerprint density at radius 1 is 1.14 bits per heavy atom. The summed E-state index contributed by atoms with van der Waals surface area (Å²) in [5, 5.41) is 3.17. The molecule has 0 radical (unpaired) electrons. The van der Waals surface area contributed by atoms with E-state index in [9.17, 15) is 0 Å². The number of hydrogen-bond donors (Lipinski definition) is 1. The number of nitrogens with one attached hydrogen (secondary N) is 1. The Kier molecular flexibility index (Phi) is 7.23. The first-order valence-corrected chi connectivity index (χ1v) is 11.8. The molecule has 0 bridgehead atoms. The van der Waals surface area contributed by atoms with E-state index >= 15 is 0 Å². The molecule has 0 spiro atoms.